The van der Waals surface area contributed by atoms with Crippen molar-refractivity contribution in [1.82, 2.24) is 0 Å². The topological polar surface area (TPSA) is 44.5 Å². The van der Waals surface area contributed by atoms with Gasteiger partial charge in [-0.2, -0.15) is 0 Å². The first-order valence-corrected chi connectivity index (χ1v) is 5.96. The Kier molecular flexibility index (Phi) is 6.40. The first-order chi connectivity index (χ1) is 8.31. The molecule has 1 aromatic carbocycles. The molecule has 0 saturated heterocycles. The van der Waals surface area contributed by atoms with Crippen LogP contribution in [0.5, 0.6) is 11.5 Å². The van der Waals surface area contributed by atoms with Crippen molar-refractivity contribution in [2.24, 2.45) is 5.73 Å². The Morgan fingerprint density at radius 3 is 2.71 bits per heavy atom. The highest BCUT2D eigenvalue weighted by Gasteiger charge is 2.06. The Morgan fingerprint density at radius 2 is 2.06 bits per heavy atom. The van der Waals surface area contributed by atoms with Crippen molar-refractivity contribution < 1.29 is 13.9 Å². The van der Waals surface area contributed by atoms with Crippen molar-refractivity contribution in [3.63, 3.8) is 0 Å². The summed E-state index contributed by atoms with van der Waals surface area (Å²) in [4.78, 5) is 0. The fourth-order valence-electron chi connectivity index (χ4n) is 1.50. The second-order valence-electron chi connectivity index (χ2n) is 3.64. The lowest BCUT2D eigenvalue weighted by atomic mass is 10.1. The third kappa shape index (κ3) is 4.61. The van der Waals surface area contributed by atoms with E-state index in [9.17, 15) is 4.39 Å². The summed E-state index contributed by atoms with van der Waals surface area (Å²) in [6.07, 6.45) is 1.21. The quantitative estimate of drug-likeness (QED) is 0.710. The summed E-state index contributed by atoms with van der Waals surface area (Å²) < 4.78 is 22.9. The second kappa shape index (κ2) is 7.90. The molecule has 0 amide bonds. The van der Waals surface area contributed by atoms with Crippen LogP contribution in [0.2, 0.25) is 0 Å². The maximum atomic E-state index is 12.0. The molecule has 2 N–H and O–H groups in total. The van der Waals surface area contributed by atoms with Crippen molar-refractivity contribution in [1.29, 1.82) is 0 Å². The zero-order valence-corrected chi connectivity index (χ0v) is 10.2. The maximum absolute atomic E-state index is 12.0. The molecule has 0 fully saturated rings. The lowest BCUT2D eigenvalue weighted by Gasteiger charge is -2.12. The smallest absolute Gasteiger partial charge is 0.161 e. The summed E-state index contributed by atoms with van der Waals surface area (Å²) in [6.45, 7) is 3.10. The van der Waals surface area contributed by atoms with Gasteiger partial charge in [-0.3, -0.25) is 4.39 Å². The van der Waals surface area contributed by atoms with Gasteiger partial charge in [0.05, 0.1) is 19.9 Å². The standard InChI is InChI=1S/C13H20FNO2/c1-2-16-13-10-11(6-8-15)4-5-12(13)17-9-3-7-14/h4-5,10H,2-3,6-9,15H2,1H3. The van der Waals surface area contributed by atoms with Crippen LogP contribution in [0.15, 0.2) is 18.2 Å². The van der Waals surface area contributed by atoms with E-state index in [2.05, 4.69) is 0 Å². The molecule has 0 heterocycles. The molecule has 1 aromatic rings. The van der Waals surface area contributed by atoms with E-state index in [1.165, 1.54) is 0 Å². The fourth-order valence-corrected chi connectivity index (χ4v) is 1.50. The predicted molar refractivity (Wildman–Crippen MR) is 66.5 cm³/mol. The normalized spacial score (nSPS) is 10.3. The molecule has 0 spiro atoms. The molecule has 0 unspecified atom stereocenters. The van der Waals surface area contributed by atoms with E-state index in [0.29, 0.717) is 37.7 Å². The first kappa shape index (κ1) is 13.8. The number of ether oxygens (including phenoxy) is 2. The maximum Gasteiger partial charge on any atom is 0.161 e. The van der Waals surface area contributed by atoms with Crippen LogP contribution in [0.4, 0.5) is 4.39 Å². The molecule has 1 rings (SSSR count). The van der Waals surface area contributed by atoms with Gasteiger partial charge in [-0.15, -0.1) is 0 Å². The molecule has 96 valence electrons. The molecule has 0 saturated carbocycles. The van der Waals surface area contributed by atoms with Gasteiger partial charge >= 0.3 is 0 Å². The van der Waals surface area contributed by atoms with Gasteiger partial charge in [-0.1, -0.05) is 6.07 Å². The minimum Gasteiger partial charge on any atom is -0.490 e. The molecule has 0 atom stereocenters. The van der Waals surface area contributed by atoms with Gasteiger partial charge in [0.1, 0.15) is 0 Å². The highest BCUT2D eigenvalue weighted by atomic mass is 19.1. The number of alkyl halides is 1. The lowest BCUT2D eigenvalue weighted by Crippen LogP contribution is -2.05. The largest absolute Gasteiger partial charge is 0.490 e. The van der Waals surface area contributed by atoms with Crippen LogP contribution < -0.4 is 15.2 Å². The fraction of sp³-hybridized carbons (Fsp3) is 0.538. The minimum atomic E-state index is -0.366. The summed E-state index contributed by atoms with van der Waals surface area (Å²) in [5.74, 6) is 1.37. The van der Waals surface area contributed by atoms with Crippen LogP contribution in [0.3, 0.4) is 0 Å². The molecule has 0 aromatic heterocycles. The van der Waals surface area contributed by atoms with Gasteiger partial charge in [0, 0.05) is 6.42 Å². The number of hydrogen-bond acceptors (Lipinski definition) is 3. The molecule has 4 heteroatoms. The Morgan fingerprint density at radius 1 is 1.24 bits per heavy atom. The van der Waals surface area contributed by atoms with Gasteiger partial charge in [-0.05, 0) is 37.6 Å². The number of nitrogens with two attached hydrogens (primary N) is 1. The molecular formula is C13H20FNO2. The van der Waals surface area contributed by atoms with Crippen molar-refractivity contribution in [3.05, 3.63) is 23.8 Å². The van der Waals surface area contributed by atoms with E-state index in [1.807, 2.05) is 25.1 Å². The summed E-state index contributed by atoms with van der Waals surface area (Å²) in [5.41, 5.74) is 6.63. The third-order valence-corrected chi connectivity index (χ3v) is 2.28. The Bertz CT molecular complexity index is 331. The monoisotopic (exact) mass is 241 g/mol. The van der Waals surface area contributed by atoms with E-state index < -0.39 is 0 Å². The molecular weight excluding hydrogens is 221 g/mol. The van der Waals surface area contributed by atoms with Crippen LogP contribution in [0.25, 0.3) is 0 Å². The van der Waals surface area contributed by atoms with Crippen LogP contribution >= 0.6 is 0 Å². The minimum absolute atomic E-state index is 0.366. The Labute approximate surface area is 102 Å². The van der Waals surface area contributed by atoms with E-state index in [-0.39, 0.29) is 6.67 Å². The molecule has 17 heavy (non-hydrogen) atoms. The van der Waals surface area contributed by atoms with Crippen LogP contribution in [-0.2, 0) is 6.42 Å². The van der Waals surface area contributed by atoms with Crippen molar-refractivity contribution in [3.8, 4) is 11.5 Å². The lowest BCUT2D eigenvalue weighted by molar-refractivity contribution is 0.262. The first-order valence-electron chi connectivity index (χ1n) is 5.96. The molecule has 0 bridgehead atoms. The number of benzene rings is 1. The average molecular weight is 241 g/mol. The SMILES string of the molecule is CCOc1cc(CCN)ccc1OCCCF. The summed E-state index contributed by atoms with van der Waals surface area (Å²) in [6, 6.07) is 5.75. The molecule has 0 aliphatic carbocycles. The van der Waals surface area contributed by atoms with Gasteiger partial charge in [0.2, 0.25) is 0 Å². The Hall–Kier alpha value is -1.29. The van der Waals surface area contributed by atoms with Gasteiger partial charge in [0.15, 0.2) is 11.5 Å². The molecule has 0 aliphatic rings. The van der Waals surface area contributed by atoms with Gasteiger partial charge < -0.3 is 15.2 Å². The van der Waals surface area contributed by atoms with Crippen molar-refractivity contribution in [2.45, 2.75) is 19.8 Å². The van der Waals surface area contributed by atoms with Crippen LogP contribution in [0.1, 0.15) is 18.9 Å². The molecule has 3 nitrogen and oxygen atoms in total. The average Bonchev–Trinajstić information content (AvgIpc) is 2.33. The highest BCUT2D eigenvalue weighted by molar-refractivity contribution is 5.43. The summed E-state index contributed by atoms with van der Waals surface area (Å²) >= 11 is 0. The van der Waals surface area contributed by atoms with Crippen LogP contribution in [-0.4, -0.2) is 26.4 Å². The molecule has 0 radical (unpaired) electrons. The Balaban J connectivity index is 2.72. The predicted octanol–water partition coefficient (Wildman–Crippen LogP) is 2.32. The summed E-state index contributed by atoms with van der Waals surface area (Å²) in [5, 5.41) is 0. The van der Waals surface area contributed by atoms with Gasteiger partial charge in [-0.25, -0.2) is 0 Å². The van der Waals surface area contributed by atoms with Crippen molar-refractivity contribution in [2.75, 3.05) is 26.4 Å². The third-order valence-electron chi connectivity index (χ3n) is 2.28. The highest BCUT2D eigenvalue weighted by Crippen LogP contribution is 2.28. The van der Waals surface area contributed by atoms with E-state index in [0.717, 1.165) is 12.0 Å². The number of rotatable bonds is 8. The zero-order valence-electron chi connectivity index (χ0n) is 10.2. The van der Waals surface area contributed by atoms with E-state index in [4.69, 9.17) is 15.2 Å². The number of hydrogen-bond donors (Lipinski definition) is 1. The summed E-state index contributed by atoms with van der Waals surface area (Å²) in [7, 11) is 0. The second-order valence-corrected chi connectivity index (χ2v) is 3.64. The number of halogens is 1. The van der Waals surface area contributed by atoms with Gasteiger partial charge in [0.25, 0.3) is 0 Å². The van der Waals surface area contributed by atoms with E-state index >= 15 is 0 Å². The van der Waals surface area contributed by atoms with Crippen molar-refractivity contribution >= 4 is 0 Å². The van der Waals surface area contributed by atoms with E-state index in [1.54, 1.807) is 0 Å². The molecule has 0 aliphatic heterocycles. The van der Waals surface area contributed by atoms with Crippen LogP contribution in [0, 0.1) is 0 Å². The zero-order chi connectivity index (χ0) is 12.5.